The van der Waals surface area contributed by atoms with Crippen molar-refractivity contribution < 1.29 is 14.6 Å². The number of aliphatic hydroxyl groups is 1. The van der Waals surface area contributed by atoms with Gasteiger partial charge in [-0.3, -0.25) is 4.79 Å². The Morgan fingerprint density at radius 3 is 2.89 bits per heavy atom. The smallest absolute Gasteiger partial charge is 0.228 e. The third-order valence-electron chi connectivity index (χ3n) is 2.78. The van der Waals surface area contributed by atoms with Crippen molar-refractivity contribution in [2.75, 3.05) is 7.11 Å². The Hall–Kier alpha value is -1.92. The van der Waals surface area contributed by atoms with Crippen LogP contribution in [0.4, 0.5) is 0 Å². The van der Waals surface area contributed by atoms with Gasteiger partial charge in [0.2, 0.25) is 11.8 Å². The molecule has 19 heavy (non-hydrogen) atoms. The monoisotopic (exact) mass is 281 g/mol. The van der Waals surface area contributed by atoms with Crippen molar-refractivity contribution in [3.05, 3.63) is 41.3 Å². The first-order valence-electron chi connectivity index (χ1n) is 5.44. The molecule has 1 aliphatic rings. The van der Waals surface area contributed by atoms with E-state index in [0.29, 0.717) is 0 Å². The van der Waals surface area contributed by atoms with Crippen LogP contribution >= 0.6 is 11.6 Å². The van der Waals surface area contributed by atoms with E-state index < -0.39 is 17.4 Å². The standard InChI is InChI=1S/C12H12ClN3O3/c1-19-9-6-8(13)15-11(16-9)12(18)5-3-2-4-7(12)10(14)17/h2-7,18H,1H3,(H2,14,17). The van der Waals surface area contributed by atoms with E-state index in [1.54, 1.807) is 12.2 Å². The molecule has 1 heterocycles. The minimum atomic E-state index is -1.74. The summed E-state index contributed by atoms with van der Waals surface area (Å²) in [6.07, 6.45) is 6.08. The Balaban J connectivity index is 2.54. The van der Waals surface area contributed by atoms with Gasteiger partial charge in [0.1, 0.15) is 5.15 Å². The number of allylic oxidation sites excluding steroid dienone is 2. The van der Waals surface area contributed by atoms with Crippen LogP contribution in [0.3, 0.4) is 0 Å². The highest BCUT2D eigenvalue weighted by atomic mass is 35.5. The molecule has 0 spiro atoms. The molecule has 7 heteroatoms. The van der Waals surface area contributed by atoms with Gasteiger partial charge in [-0.15, -0.1) is 0 Å². The Labute approximate surface area is 114 Å². The van der Waals surface area contributed by atoms with Crippen LogP contribution in [0.15, 0.2) is 30.4 Å². The molecule has 2 unspecified atom stereocenters. The zero-order valence-electron chi connectivity index (χ0n) is 10.1. The normalized spacial score (nSPS) is 25.3. The van der Waals surface area contributed by atoms with Crippen LogP contribution in [0, 0.1) is 5.92 Å². The highest BCUT2D eigenvalue weighted by Gasteiger charge is 2.42. The third-order valence-corrected chi connectivity index (χ3v) is 2.98. The SMILES string of the molecule is COc1cc(Cl)nc(C2(O)C=CC=CC2C(N)=O)n1. The number of carbonyl (C=O) groups is 1. The molecular weight excluding hydrogens is 270 g/mol. The molecule has 2 rings (SSSR count). The van der Waals surface area contributed by atoms with E-state index in [9.17, 15) is 9.90 Å². The maximum atomic E-state index is 11.4. The minimum absolute atomic E-state index is 0.0405. The first kappa shape index (κ1) is 13.5. The molecule has 1 amide bonds. The number of carbonyl (C=O) groups excluding carboxylic acids is 1. The van der Waals surface area contributed by atoms with E-state index in [-0.39, 0.29) is 16.9 Å². The van der Waals surface area contributed by atoms with Gasteiger partial charge < -0.3 is 15.6 Å². The molecule has 0 bridgehead atoms. The molecule has 1 aromatic heterocycles. The number of primary amides is 1. The first-order valence-corrected chi connectivity index (χ1v) is 5.82. The van der Waals surface area contributed by atoms with E-state index in [4.69, 9.17) is 22.1 Å². The van der Waals surface area contributed by atoms with Gasteiger partial charge in [0.15, 0.2) is 11.4 Å². The fourth-order valence-electron chi connectivity index (χ4n) is 1.83. The molecule has 2 atom stereocenters. The molecule has 0 aromatic carbocycles. The van der Waals surface area contributed by atoms with Crippen LogP contribution in [0.25, 0.3) is 0 Å². The van der Waals surface area contributed by atoms with Crippen molar-refractivity contribution in [3.8, 4) is 5.88 Å². The Morgan fingerprint density at radius 2 is 2.26 bits per heavy atom. The van der Waals surface area contributed by atoms with Gasteiger partial charge in [0.05, 0.1) is 13.0 Å². The number of rotatable bonds is 3. The molecule has 1 aromatic rings. The highest BCUT2D eigenvalue weighted by Crippen LogP contribution is 2.34. The van der Waals surface area contributed by atoms with Crippen molar-refractivity contribution in [1.82, 2.24) is 9.97 Å². The summed E-state index contributed by atoms with van der Waals surface area (Å²) in [4.78, 5) is 19.4. The second-order valence-electron chi connectivity index (χ2n) is 4.01. The highest BCUT2D eigenvalue weighted by molar-refractivity contribution is 6.29. The van der Waals surface area contributed by atoms with Crippen LogP contribution in [0.2, 0.25) is 5.15 Å². The predicted octanol–water partition coefficient (Wildman–Crippen LogP) is 0.554. The summed E-state index contributed by atoms with van der Waals surface area (Å²) in [6, 6.07) is 1.40. The van der Waals surface area contributed by atoms with Crippen LogP contribution in [-0.2, 0) is 10.4 Å². The van der Waals surface area contributed by atoms with Crippen LogP contribution in [0.1, 0.15) is 5.82 Å². The maximum Gasteiger partial charge on any atom is 0.228 e. The van der Waals surface area contributed by atoms with Crippen LogP contribution in [-0.4, -0.2) is 28.1 Å². The Kier molecular flexibility index (Phi) is 3.55. The average molecular weight is 282 g/mol. The zero-order chi connectivity index (χ0) is 14.0. The number of ether oxygens (including phenoxy) is 1. The molecule has 0 saturated heterocycles. The number of hydrogen-bond acceptors (Lipinski definition) is 5. The summed E-state index contributed by atoms with van der Waals surface area (Å²) in [5, 5.41) is 10.7. The van der Waals surface area contributed by atoms with Gasteiger partial charge in [-0.1, -0.05) is 29.8 Å². The number of halogens is 1. The summed E-state index contributed by atoms with van der Waals surface area (Å²) in [6.45, 7) is 0. The number of aromatic nitrogens is 2. The summed E-state index contributed by atoms with van der Waals surface area (Å²) in [7, 11) is 1.41. The van der Waals surface area contributed by atoms with E-state index in [0.717, 1.165) is 0 Å². The second kappa shape index (κ2) is 4.99. The van der Waals surface area contributed by atoms with Gasteiger partial charge in [-0.2, -0.15) is 4.98 Å². The van der Waals surface area contributed by atoms with Crippen molar-refractivity contribution in [2.45, 2.75) is 5.60 Å². The summed E-state index contributed by atoms with van der Waals surface area (Å²) in [5.74, 6) is -1.51. The third kappa shape index (κ3) is 2.45. The molecule has 0 saturated carbocycles. The quantitative estimate of drug-likeness (QED) is 0.789. The lowest BCUT2D eigenvalue weighted by molar-refractivity contribution is -0.126. The van der Waals surface area contributed by atoms with E-state index in [1.807, 2.05) is 0 Å². The minimum Gasteiger partial charge on any atom is -0.481 e. The lowest BCUT2D eigenvalue weighted by Crippen LogP contribution is -2.42. The first-order chi connectivity index (χ1) is 8.97. The van der Waals surface area contributed by atoms with Crippen molar-refractivity contribution in [1.29, 1.82) is 0 Å². The number of nitrogens with zero attached hydrogens (tertiary/aromatic N) is 2. The molecular formula is C12H12ClN3O3. The molecule has 0 aliphatic heterocycles. The van der Waals surface area contributed by atoms with Crippen LogP contribution in [0.5, 0.6) is 5.88 Å². The lowest BCUT2D eigenvalue weighted by Gasteiger charge is -2.30. The maximum absolute atomic E-state index is 11.4. The van der Waals surface area contributed by atoms with E-state index in [1.165, 1.54) is 25.3 Å². The summed E-state index contributed by atoms with van der Waals surface area (Å²) >= 11 is 5.84. The molecule has 0 fully saturated rings. The molecule has 1 aliphatic carbocycles. The number of methoxy groups -OCH3 is 1. The summed E-state index contributed by atoms with van der Waals surface area (Å²) in [5.41, 5.74) is 3.55. The fourth-order valence-corrected chi connectivity index (χ4v) is 2.01. The van der Waals surface area contributed by atoms with Gasteiger partial charge >= 0.3 is 0 Å². The summed E-state index contributed by atoms with van der Waals surface area (Å²) < 4.78 is 4.96. The van der Waals surface area contributed by atoms with Crippen molar-refractivity contribution in [3.63, 3.8) is 0 Å². The lowest BCUT2D eigenvalue weighted by atomic mass is 9.82. The van der Waals surface area contributed by atoms with E-state index in [2.05, 4.69) is 9.97 Å². The van der Waals surface area contributed by atoms with Crippen LogP contribution < -0.4 is 10.5 Å². The van der Waals surface area contributed by atoms with Crippen molar-refractivity contribution >= 4 is 17.5 Å². The molecule has 100 valence electrons. The predicted molar refractivity (Wildman–Crippen MR) is 68.5 cm³/mol. The number of nitrogens with two attached hydrogens (primary N) is 1. The van der Waals surface area contributed by atoms with Gasteiger partial charge in [0.25, 0.3) is 0 Å². The number of hydrogen-bond donors (Lipinski definition) is 2. The second-order valence-corrected chi connectivity index (χ2v) is 4.39. The van der Waals surface area contributed by atoms with Gasteiger partial charge in [-0.25, -0.2) is 4.98 Å². The topological polar surface area (TPSA) is 98.3 Å². The Morgan fingerprint density at radius 1 is 1.53 bits per heavy atom. The average Bonchev–Trinajstić information content (AvgIpc) is 2.38. The Bertz CT molecular complexity index is 573. The molecule has 3 N–H and O–H groups in total. The number of amides is 1. The largest absolute Gasteiger partial charge is 0.481 e. The van der Waals surface area contributed by atoms with Gasteiger partial charge in [0, 0.05) is 6.07 Å². The van der Waals surface area contributed by atoms with Crippen molar-refractivity contribution in [2.24, 2.45) is 11.7 Å². The molecule has 6 nitrogen and oxygen atoms in total. The molecule has 0 radical (unpaired) electrons. The van der Waals surface area contributed by atoms with E-state index >= 15 is 0 Å². The fraction of sp³-hybridized carbons (Fsp3) is 0.250. The zero-order valence-corrected chi connectivity index (χ0v) is 10.8. The van der Waals surface area contributed by atoms with Gasteiger partial charge in [-0.05, 0) is 6.08 Å².